The summed E-state index contributed by atoms with van der Waals surface area (Å²) in [4.78, 5) is 0. The average Bonchev–Trinajstić information content (AvgIpc) is 2.40. The second-order valence-electron chi connectivity index (χ2n) is 4.17. The van der Waals surface area contributed by atoms with Crippen LogP contribution in [0.3, 0.4) is 0 Å². The van der Waals surface area contributed by atoms with Gasteiger partial charge < -0.3 is 10.5 Å². The van der Waals surface area contributed by atoms with Gasteiger partial charge in [-0.2, -0.15) is 13.2 Å². The number of hydrogen-bond donors (Lipinski definition) is 1. The lowest BCUT2D eigenvalue weighted by Crippen LogP contribution is -2.04. The summed E-state index contributed by atoms with van der Waals surface area (Å²) in [6.45, 7) is 0.201. The van der Waals surface area contributed by atoms with E-state index in [1.165, 1.54) is 12.1 Å². The molecule has 0 radical (unpaired) electrons. The van der Waals surface area contributed by atoms with Gasteiger partial charge in [-0.15, -0.1) is 0 Å². The monoisotopic (exact) mass is 301 g/mol. The van der Waals surface area contributed by atoms with Crippen LogP contribution >= 0.6 is 11.6 Å². The molecule has 0 aliphatic carbocycles. The highest BCUT2D eigenvalue weighted by Gasteiger charge is 2.29. The fraction of sp³-hybridized carbons (Fsp3) is 0.143. The van der Waals surface area contributed by atoms with Gasteiger partial charge in [0.15, 0.2) is 0 Å². The van der Waals surface area contributed by atoms with Gasteiger partial charge in [0.25, 0.3) is 0 Å². The van der Waals surface area contributed by atoms with Crippen molar-refractivity contribution < 1.29 is 17.9 Å². The second kappa shape index (κ2) is 5.63. The first-order chi connectivity index (χ1) is 9.36. The number of nitrogen functional groups attached to an aromatic ring is 1. The first kappa shape index (κ1) is 14.5. The molecule has 0 aliphatic heterocycles. The Morgan fingerprint density at radius 2 is 1.70 bits per heavy atom. The van der Waals surface area contributed by atoms with Crippen molar-refractivity contribution in [3.05, 3.63) is 58.6 Å². The van der Waals surface area contributed by atoms with Crippen molar-refractivity contribution >= 4 is 17.3 Å². The van der Waals surface area contributed by atoms with Gasteiger partial charge in [0, 0.05) is 0 Å². The summed E-state index contributed by atoms with van der Waals surface area (Å²) in [5.41, 5.74) is 6.15. The number of hydrogen-bond acceptors (Lipinski definition) is 2. The zero-order chi connectivity index (χ0) is 14.8. The molecule has 0 amide bonds. The number of halogens is 4. The average molecular weight is 302 g/mol. The Kier molecular flexibility index (Phi) is 4.09. The highest BCUT2D eigenvalue weighted by Crippen LogP contribution is 2.30. The highest BCUT2D eigenvalue weighted by molar-refractivity contribution is 6.33. The first-order valence-electron chi connectivity index (χ1n) is 5.70. The molecule has 0 unspecified atom stereocenters. The van der Waals surface area contributed by atoms with Crippen molar-refractivity contribution in [2.75, 3.05) is 5.73 Å². The molecule has 0 aromatic heterocycles. The van der Waals surface area contributed by atoms with Crippen LogP contribution in [0.4, 0.5) is 18.9 Å². The summed E-state index contributed by atoms with van der Waals surface area (Å²) < 4.78 is 42.5. The zero-order valence-electron chi connectivity index (χ0n) is 10.2. The molecule has 0 fully saturated rings. The lowest BCUT2D eigenvalue weighted by atomic mass is 10.2. The molecular formula is C14H11ClF3NO. The number of nitrogens with two attached hydrogens (primary N) is 1. The van der Waals surface area contributed by atoms with E-state index >= 15 is 0 Å². The van der Waals surface area contributed by atoms with Crippen molar-refractivity contribution in [2.24, 2.45) is 0 Å². The Morgan fingerprint density at radius 3 is 2.25 bits per heavy atom. The van der Waals surface area contributed by atoms with E-state index in [1.54, 1.807) is 18.2 Å². The lowest BCUT2D eigenvalue weighted by molar-refractivity contribution is -0.137. The highest BCUT2D eigenvalue weighted by atomic mass is 35.5. The van der Waals surface area contributed by atoms with Crippen LogP contribution in [0.15, 0.2) is 42.5 Å². The van der Waals surface area contributed by atoms with Gasteiger partial charge in [-0.3, -0.25) is 0 Å². The maximum atomic E-state index is 12.4. The Balaban J connectivity index is 2.02. The Hall–Kier alpha value is -1.88. The molecule has 6 heteroatoms. The van der Waals surface area contributed by atoms with Crippen molar-refractivity contribution in [1.82, 2.24) is 0 Å². The maximum Gasteiger partial charge on any atom is 0.416 e. The summed E-state index contributed by atoms with van der Waals surface area (Å²) in [5, 5.41) is 0.447. The van der Waals surface area contributed by atoms with Gasteiger partial charge >= 0.3 is 6.18 Å². The number of ether oxygens (including phenoxy) is 1. The molecule has 20 heavy (non-hydrogen) atoms. The quantitative estimate of drug-likeness (QED) is 0.846. The van der Waals surface area contributed by atoms with Crippen LogP contribution in [0.25, 0.3) is 0 Å². The van der Waals surface area contributed by atoms with Crippen LogP contribution in [0.1, 0.15) is 11.1 Å². The molecule has 0 spiro atoms. The molecule has 0 aliphatic rings. The van der Waals surface area contributed by atoms with Crippen molar-refractivity contribution in [1.29, 1.82) is 0 Å². The molecule has 0 bridgehead atoms. The van der Waals surface area contributed by atoms with Gasteiger partial charge in [-0.25, -0.2) is 0 Å². The Bertz CT molecular complexity index is 596. The van der Waals surface area contributed by atoms with E-state index in [4.69, 9.17) is 22.1 Å². The van der Waals surface area contributed by atoms with E-state index < -0.39 is 11.7 Å². The van der Waals surface area contributed by atoms with Crippen LogP contribution in [0, 0.1) is 0 Å². The van der Waals surface area contributed by atoms with Gasteiger partial charge in [0.1, 0.15) is 12.4 Å². The predicted octanol–water partition coefficient (Wildman–Crippen LogP) is 4.52. The minimum Gasteiger partial charge on any atom is -0.489 e. The van der Waals surface area contributed by atoms with Gasteiger partial charge in [-0.1, -0.05) is 17.7 Å². The summed E-state index contributed by atoms with van der Waals surface area (Å²) in [6.07, 6.45) is -4.34. The molecule has 2 nitrogen and oxygen atoms in total. The van der Waals surface area contributed by atoms with E-state index in [0.717, 1.165) is 17.7 Å². The van der Waals surface area contributed by atoms with Crippen LogP contribution in [-0.4, -0.2) is 0 Å². The zero-order valence-corrected chi connectivity index (χ0v) is 11.0. The molecule has 2 N–H and O–H groups in total. The van der Waals surface area contributed by atoms with Crippen molar-refractivity contribution in [3.8, 4) is 5.75 Å². The van der Waals surface area contributed by atoms with Crippen LogP contribution in [-0.2, 0) is 12.8 Å². The third-order valence-corrected chi connectivity index (χ3v) is 2.99. The first-order valence-corrected chi connectivity index (χ1v) is 6.08. The third kappa shape index (κ3) is 3.57. The van der Waals surface area contributed by atoms with E-state index in [2.05, 4.69) is 0 Å². The summed E-state index contributed by atoms with van der Waals surface area (Å²) in [6, 6.07) is 9.55. The summed E-state index contributed by atoms with van der Waals surface area (Å²) in [5.74, 6) is 0.353. The topological polar surface area (TPSA) is 35.2 Å². The Labute approximate surface area is 118 Å². The minimum absolute atomic E-state index is 0.201. The SMILES string of the molecule is Nc1cc(COc2ccc(C(F)(F)F)cc2)ccc1Cl. The van der Waals surface area contributed by atoms with Crippen LogP contribution in [0.5, 0.6) is 5.75 Å². The normalized spacial score (nSPS) is 11.4. The standard InChI is InChI=1S/C14H11ClF3NO/c15-12-6-1-9(7-13(12)19)8-20-11-4-2-10(3-5-11)14(16,17)18/h1-7H,8,19H2. The van der Waals surface area contributed by atoms with Gasteiger partial charge in [0.2, 0.25) is 0 Å². The largest absolute Gasteiger partial charge is 0.489 e. The fourth-order valence-electron chi connectivity index (χ4n) is 1.59. The molecule has 0 saturated carbocycles. The Morgan fingerprint density at radius 1 is 1.05 bits per heavy atom. The molecule has 106 valence electrons. The molecule has 0 atom stereocenters. The van der Waals surface area contributed by atoms with Gasteiger partial charge in [-0.05, 0) is 42.0 Å². The number of anilines is 1. The van der Waals surface area contributed by atoms with Gasteiger partial charge in [0.05, 0.1) is 16.3 Å². The van der Waals surface area contributed by atoms with E-state index in [9.17, 15) is 13.2 Å². The smallest absolute Gasteiger partial charge is 0.416 e. The third-order valence-electron chi connectivity index (χ3n) is 2.65. The molecule has 2 aromatic carbocycles. The van der Waals surface area contributed by atoms with Crippen LogP contribution in [0.2, 0.25) is 5.02 Å². The lowest BCUT2D eigenvalue weighted by Gasteiger charge is -2.10. The second-order valence-corrected chi connectivity index (χ2v) is 4.57. The molecule has 2 aromatic rings. The molecule has 0 heterocycles. The fourth-order valence-corrected chi connectivity index (χ4v) is 1.71. The van der Waals surface area contributed by atoms with E-state index in [-0.39, 0.29) is 6.61 Å². The van der Waals surface area contributed by atoms with E-state index in [1.807, 2.05) is 0 Å². The summed E-state index contributed by atoms with van der Waals surface area (Å²) >= 11 is 5.79. The number of rotatable bonds is 3. The van der Waals surface area contributed by atoms with Crippen molar-refractivity contribution in [2.45, 2.75) is 12.8 Å². The number of alkyl halides is 3. The van der Waals surface area contributed by atoms with Crippen LogP contribution < -0.4 is 10.5 Å². The van der Waals surface area contributed by atoms with Crippen molar-refractivity contribution in [3.63, 3.8) is 0 Å². The predicted molar refractivity (Wildman–Crippen MR) is 71.6 cm³/mol. The number of benzene rings is 2. The molecule has 2 rings (SSSR count). The minimum atomic E-state index is -4.34. The molecular weight excluding hydrogens is 291 g/mol. The molecule has 0 saturated heterocycles. The maximum absolute atomic E-state index is 12.4. The summed E-state index contributed by atoms with van der Waals surface area (Å²) in [7, 11) is 0. The van der Waals surface area contributed by atoms with E-state index in [0.29, 0.717) is 16.5 Å².